The van der Waals surface area contributed by atoms with Crippen LogP contribution < -0.4 is 10.0 Å². The minimum atomic E-state index is -4.74. The van der Waals surface area contributed by atoms with E-state index >= 15 is 0 Å². The number of amides is 1. The molecule has 0 saturated carbocycles. The van der Waals surface area contributed by atoms with Crippen LogP contribution in [0.5, 0.6) is 0 Å². The predicted molar refractivity (Wildman–Crippen MR) is 128 cm³/mol. The molecule has 0 spiro atoms. The Morgan fingerprint density at radius 2 is 1.86 bits per heavy atom. The summed E-state index contributed by atoms with van der Waals surface area (Å²) in [4.78, 5) is 15.9. The summed E-state index contributed by atoms with van der Waals surface area (Å²) in [5, 5.41) is 2.46. The van der Waals surface area contributed by atoms with Crippen LogP contribution in [0.15, 0.2) is 54.6 Å². The number of carbonyl (C=O) groups excluding carboxylic acids is 1. The quantitative estimate of drug-likeness (QED) is 0.260. The number of alkyl halides is 3. The predicted octanol–water partition coefficient (Wildman–Crippen LogP) is 4.73. The van der Waals surface area contributed by atoms with Crippen LogP contribution in [0.3, 0.4) is 0 Å². The van der Waals surface area contributed by atoms with Crippen molar-refractivity contribution in [3.05, 3.63) is 88.6 Å². The lowest BCUT2D eigenvalue weighted by Gasteiger charge is -2.12. The minimum absolute atomic E-state index is 0.0752. The molecule has 0 saturated heterocycles. The molecule has 0 aliphatic carbocycles. The fourth-order valence-corrected chi connectivity index (χ4v) is 3.79. The van der Waals surface area contributed by atoms with Gasteiger partial charge in [-0.05, 0) is 42.0 Å². The molecule has 3 rings (SSSR count). The molecule has 12 heteroatoms. The first kappa shape index (κ1) is 27.3. The first-order valence-electron chi connectivity index (χ1n) is 10.3. The molecule has 0 unspecified atom stereocenters. The number of pyridine rings is 1. The topological polar surface area (TPSA) is 88.2 Å². The zero-order valence-electron chi connectivity index (χ0n) is 19.0. The van der Waals surface area contributed by atoms with Gasteiger partial charge in [-0.25, -0.2) is 22.2 Å². The number of nitrogens with zero attached hydrogens (tertiary/aromatic N) is 1. The van der Waals surface area contributed by atoms with Gasteiger partial charge in [-0.15, -0.1) is 6.42 Å². The van der Waals surface area contributed by atoms with Gasteiger partial charge < -0.3 is 5.32 Å². The number of rotatable bonds is 7. The molecule has 192 valence electrons. The Labute approximate surface area is 209 Å². The second-order valence-electron chi connectivity index (χ2n) is 7.71. The second-order valence-corrected chi connectivity index (χ2v) is 9.46. The normalized spacial score (nSPS) is 11.8. The van der Waals surface area contributed by atoms with Crippen molar-refractivity contribution in [2.75, 3.05) is 11.0 Å². The molecule has 2 N–H and O–H groups in total. The van der Waals surface area contributed by atoms with Crippen LogP contribution in [0.4, 0.5) is 27.6 Å². The molecule has 3 aromatic rings. The van der Waals surface area contributed by atoms with Crippen molar-refractivity contribution in [2.45, 2.75) is 12.7 Å². The highest BCUT2D eigenvalue weighted by atomic mass is 32.2. The number of aromatic nitrogens is 1. The molecule has 0 atom stereocenters. The van der Waals surface area contributed by atoms with Gasteiger partial charge in [0, 0.05) is 23.7 Å². The average molecular weight is 535 g/mol. The molecule has 0 aliphatic rings. The van der Waals surface area contributed by atoms with Gasteiger partial charge in [0.05, 0.1) is 23.2 Å². The molecule has 2 aromatic carbocycles. The minimum Gasteiger partial charge on any atom is -0.348 e. The summed E-state index contributed by atoms with van der Waals surface area (Å²) in [6, 6.07) is 8.95. The summed E-state index contributed by atoms with van der Waals surface area (Å²) < 4.78 is 92.4. The lowest BCUT2D eigenvalue weighted by atomic mass is 10.0. The van der Waals surface area contributed by atoms with E-state index in [1.165, 1.54) is 24.3 Å². The SMILES string of the molecule is C#Cc1cc(CNC(=O)/C=C\c2ccc(C(F)(F)F)nc2-c2cccc(F)c2)cc(F)c1NS(C)(=O)=O. The van der Waals surface area contributed by atoms with E-state index in [1.807, 2.05) is 4.72 Å². The van der Waals surface area contributed by atoms with Crippen LogP contribution >= 0.6 is 0 Å². The molecular weight excluding hydrogens is 517 g/mol. The van der Waals surface area contributed by atoms with Gasteiger partial charge in [-0.3, -0.25) is 9.52 Å². The zero-order chi connectivity index (χ0) is 27.4. The Hall–Kier alpha value is -4.24. The van der Waals surface area contributed by atoms with E-state index < -0.39 is 45.1 Å². The summed E-state index contributed by atoms with van der Waals surface area (Å²) in [6.45, 7) is -0.198. The standard InChI is InChI=1S/C25H18F5N3O3S/c1-3-16-11-15(12-20(27)24(16)33-37(2,35)36)14-31-22(34)10-8-17-7-9-21(25(28,29)30)32-23(17)18-5-4-6-19(26)13-18/h1,4-13,33H,14H2,2H3,(H,31,34)/b10-8-. The summed E-state index contributed by atoms with van der Waals surface area (Å²) in [5.74, 6) is -0.149. The average Bonchev–Trinajstić information content (AvgIpc) is 2.81. The number of hydrogen-bond acceptors (Lipinski definition) is 4. The number of hydrogen-bond donors (Lipinski definition) is 2. The van der Waals surface area contributed by atoms with E-state index in [-0.39, 0.29) is 34.5 Å². The first-order chi connectivity index (χ1) is 17.3. The van der Waals surface area contributed by atoms with Gasteiger partial charge in [0.25, 0.3) is 0 Å². The van der Waals surface area contributed by atoms with Crippen molar-refractivity contribution >= 4 is 27.7 Å². The van der Waals surface area contributed by atoms with Gasteiger partial charge in [-0.1, -0.05) is 24.1 Å². The number of benzene rings is 2. The Balaban J connectivity index is 1.82. The van der Waals surface area contributed by atoms with Gasteiger partial charge in [0.1, 0.15) is 17.3 Å². The van der Waals surface area contributed by atoms with Gasteiger partial charge in [0.2, 0.25) is 15.9 Å². The highest BCUT2D eigenvalue weighted by Crippen LogP contribution is 2.32. The van der Waals surface area contributed by atoms with Crippen molar-refractivity contribution in [3.8, 4) is 23.6 Å². The van der Waals surface area contributed by atoms with E-state index in [0.29, 0.717) is 0 Å². The van der Waals surface area contributed by atoms with E-state index in [2.05, 4.69) is 16.2 Å². The molecule has 37 heavy (non-hydrogen) atoms. The fraction of sp³-hybridized carbons (Fsp3) is 0.120. The second kappa shape index (κ2) is 10.8. The maximum absolute atomic E-state index is 14.4. The Morgan fingerprint density at radius 3 is 2.49 bits per heavy atom. The maximum atomic E-state index is 14.4. The number of nitrogens with one attached hydrogen (secondary N) is 2. The van der Waals surface area contributed by atoms with Crippen LogP contribution in [-0.4, -0.2) is 25.6 Å². The third-order valence-corrected chi connectivity index (χ3v) is 5.36. The highest BCUT2D eigenvalue weighted by molar-refractivity contribution is 7.92. The number of sulfonamides is 1. The van der Waals surface area contributed by atoms with Gasteiger partial charge in [-0.2, -0.15) is 13.2 Å². The van der Waals surface area contributed by atoms with Crippen molar-refractivity contribution in [2.24, 2.45) is 0 Å². The van der Waals surface area contributed by atoms with Gasteiger partial charge >= 0.3 is 6.18 Å². The van der Waals surface area contributed by atoms with Gasteiger partial charge in [0.15, 0.2) is 0 Å². The van der Waals surface area contributed by atoms with Crippen LogP contribution in [0.2, 0.25) is 0 Å². The molecule has 0 bridgehead atoms. The lowest BCUT2D eigenvalue weighted by molar-refractivity contribution is -0.141. The van der Waals surface area contributed by atoms with Crippen LogP contribution in [0.1, 0.15) is 22.4 Å². The number of terminal acetylenes is 1. The van der Waals surface area contributed by atoms with Crippen LogP contribution in [0.25, 0.3) is 17.3 Å². The largest absolute Gasteiger partial charge is 0.433 e. The molecule has 0 radical (unpaired) electrons. The van der Waals surface area contributed by atoms with Crippen molar-refractivity contribution in [3.63, 3.8) is 0 Å². The van der Waals surface area contributed by atoms with Crippen LogP contribution in [-0.2, 0) is 27.5 Å². The smallest absolute Gasteiger partial charge is 0.348 e. The Kier molecular flexibility index (Phi) is 7.98. The molecule has 1 aromatic heterocycles. The van der Waals surface area contributed by atoms with E-state index in [0.717, 1.165) is 42.7 Å². The first-order valence-corrected chi connectivity index (χ1v) is 12.2. The highest BCUT2D eigenvalue weighted by Gasteiger charge is 2.33. The maximum Gasteiger partial charge on any atom is 0.433 e. The zero-order valence-corrected chi connectivity index (χ0v) is 19.8. The van der Waals surface area contributed by atoms with Crippen molar-refractivity contribution in [1.82, 2.24) is 10.3 Å². The van der Waals surface area contributed by atoms with Crippen LogP contribution in [0, 0.1) is 24.0 Å². The summed E-state index contributed by atoms with van der Waals surface area (Å²) in [7, 11) is -3.79. The monoisotopic (exact) mass is 535 g/mol. The lowest BCUT2D eigenvalue weighted by Crippen LogP contribution is -2.21. The molecule has 1 amide bonds. The number of halogens is 5. The number of anilines is 1. The summed E-state index contributed by atoms with van der Waals surface area (Å²) >= 11 is 0. The molecule has 0 aliphatic heterocycles. The number of carbonyl (C=O) groups is 1. The fourth-order valence-electron chi connectivity index (χ4n) is 3.21. The third kappa shape index (κ3) is 7.37. The molecule has 0 fully saturated rings. The molecule has 1 heterocycles. The van der Waals surface area contributed by atoms with Crippen molar-refractivity contribution in [1.29, 1.82) is 0 Å². The Bertz CT molecular complexity index is 1530. The van der Waals surface area contributed by atoms with E-state index in [1.54, 1.807) is 0 Å². The molecule has 6 nitrogen and oxygen atoms in total. The van der Waals surface area contributed by atoms with Crippen molar-refractivity contribution < 1.29 is 35.2 Å². The van der Waals surface area contributed by atoms with E-state index in [4.69, 9.17) is 6.42 Å². The summed E-state index contributed by atoms with van der Waals surface area (Å²) in [5.41, 5.74) is -1.44. The molecular formula is C25H18F5N3O3S. The Morgan fingerprint density at radius 1 is 1.14 bits per heavy atom. The third-order valence-electron chi connectivity index (χ3n) is 4.79. The summed E-state index contributed by atoms with van der Waals surface area (Å²) in [6.07, 6.45) is 3.65. The van der Waals surface area contributed by atoms with E-state index in [9.17, 15) is 35.2 Å².